The van der Waals surface area contributed by atoms with Gasteiger partial charge in [-0.15, -0.1) is 0 Å². The van der Waals surface area contributed by atoms with Gasteiger partial charge in [-0.1, -0.05) is 15.9 Å². The molecule has 5 heteroatoms. The van der Waals surface area contributed by atoms with E-state index in [1.165, 1.54) is 6.26 Å². The second kappa shape index (κ2) is 2.46. The first-order valence-corrected chi connectivity index (χ1v) is 6.04. The number of hydrogen-bond acceptors (Lipinski definition) is 2. The predicted octanol–water partition coefficient (Wildman–Crippen LogP) is 0.463. The van der Waals surface area contributed by atoms with Crippen LogP contribution in [0.15, 0.2) is 0 Å². The number of sulfonamides is 1. The SMILES string of the molecule is CS(=O)(=O)NC1(CBr)CC1. The molecule has 1 N–H and O–H groups in total. The van der Waals surface area contributed by atoms with Crippen LogP contribution in [-0.4, -0.2) is 25.5 Å². The zero-order chi connectivity index (χ0) is 7.83. The fraction of sp³-hybridized carbons (Fsp3) is 1.00. The maximum absolute atomic E-state index is 10.7. The highest BCUT2D eigenvalue weighted by atomic mass is 79.9. The van der Waals surface area contributed by atoms with E-state index in [-0.39, 0.29) is 5.54 Å². The Balaban J connectivity index is 2.54. The maximum atomic E-state index is 10.7. The van der Waals surface area contributed by atoms with E-state index in [1.807, 2.05) is 0 Å². The van der Waals surface area contributed by atoms with Crippen LogP contribution < -0.4 is 4.72 Å². The summed E-state index contributed by atoms with van der Waals surface area (Å²) in [6.45, 7) is 0. The zero-order valence-corrected chi connectivity index (χ0v) is 8.13. The molecule has 0 saturated heterocycles. The lowest BCUT2D eigenvalue weighted by molar-refractivity contribution is 0.567. The number of nitrogens with one attached hydrogen (secondary N) is 1. The van der Waals surface area contributed by atoms with Crippen LogP contribution in [-0.2, 0) is 10.0 Å². The summed E-state index contributed by atoms with van der Waals surface area (Å²) < 4.78 is 24.0. The third-order valence-corrected chi connectivity index (χ3v) is 3.39. The molecule has 0 aliphatic heterocycles. The second-order valence-corrected chi connectivity index (χ2v) is 5.10. The topological polar surface area (TPSA) is 46.2 Å². The molecule has 3 nitrogen and oxygen atoms in total. The van der Waals surface area contributed by atoms with Crippen LogP contribution in [0.4, 0.5) is 0 Å². The summed E-state index contributed by atoms with van der Waals surface area (Å²) in [6, 6.07) is 0. The molecular weight excluding hydrogens is 218 g/mol. The number of rotatable bonds is 3. The lowest BCUT2D eigenvalue weighted by Gasteiger charge is -2.10. The summed E-state index contributed by atoms with van der Waals surface area (Å²) in [5.41, 5.74) is -0.145. The van der Waals surface area contributed by atoms with Crippen molar-refractivity contribution in [1.82, 2.24) is 4.72 Å². The van der Waals surface area contributed by atoms with E-state index in [1.54, 1.807) is 0 Å². The fourth-order valence-corrected chi connectivity index (χ4v) is 2.76. The van der Waals surface area contributed by atoms with E-state index in [9.17, 15) is 8.42 Å². The molecule has 0 aromatic rings. The van der Waals surface area contributed by atoms with Crippen molar-refractivity contribution in [2.45, 2.75) is 18.4 Å². The van der Waals surface area contributed by atoms with E-state index < -0.39 is 10.0 Å². The number of alkyl halides is 1. The molecule has 0 aromatic carbocycles. The van der Waals surface area contributed by atoms with Gasteiger partial charge < -0.3 is 0 Å². The minimum atomic E-state index is -3.01. The molecule has 0 radical (unpaired) electrons. The molecule has 1 saturated carbocycles. The Labute approximate surface area is 69.4 Å². The molecule has 60 valence electrons. The van der Waals surface area contributed by atoms with Gasteiger partial charge in [0.25, 0.3) is 0 Å². The lowest BCUT2D eigenvalue weighted by Crippen LogP contribution is -2.37. The van der Waals surface area contributed by atoms with Gasteiger partial charge in [0.2, 0.25) is 10.0 Å². The van der Waals surface area contributed by atoms with Crippen molar-refractivity contribution in [2.24, 2.45) is 0 Å². The van der Waals surface area contributed by atoms with Crippen molar-refractivity contribution in [3.8, 4) is 0 Å². The van der Waals surface area contributed by atoms with Crippen molar-refractivity contribution in [3.63, 3.8) is 0 Å². The van der Waals surface area contributed by atoms with E-state index in [0.717, 1.165) is 12.8 Å². The largest absolute Gasteiger partial charge is 0.213 e. The standard InChI is InChI=1S/C5H10BrNO2S/c1-10(8,9)7-5(4-6)2-3-5/h7H,2-4H2,1H3. The minimum absolute atomic E-state index is 0.145. The Morgan fingerprint density at radius 1 is 1.60 bits per heavy atom. The van der Waals surface area contributed by atoms with E-state index in [0.29, 0.717) is 5.33 Å². The summed E-state index contributed by atoms with van der Waals surface area (Å²) in [7, 11) is -3.01. The average Bonchev–Trinajstić information content (AvgIpc) is 2.45. The van der Waals surface area contributed by atoms with Crippen LogP contribution in [0.3, 0.4) is 0 Å². The van der Waals surface area contributed by atoms with E-state index in [2.05, 4.69) is 20.7 Å². The van der Waals surface area contributed by atoms with Gasteiger partial charge in [0.05, 0.1) is 6.26 Å². The molecule has 0 spiro atoms. The fourth-order valence-electron chi connectivity index (χ4n) is 0.807. The highest BCUT2D eigenvalue weighted by Crippen LogP contribution is 2.37. The maximum Gasteiger partial charge on any atom is 0.209 e. The predicted molar refractivity (Wildman–Crippen MR) is 43.7 cm³/mol. The Bertz CT molecular complexity index is 220. The summed E-state index contributed by atoms with van der Waals surface area (Å²) >= 11 is 3.26. The molecular formula is C5H10BrNO2S. The monoisotopic (exact) mass is 227 g/mol. The Hall–Kier alpha value is 0.390. The Morgan fingerprint density at radius 2 is 2.10 bits per heavy atom. The van der Waals surface area contributed by atoms with Crippen molar-refractivity contribution in [3.05, 3.63) is 0 Å². The third-order valence-electron chi connectivity index (χ3n) is 1.51. The minimum Gasteiger partial charge on any atom is -0.213 e. The first-order valence-electron chi connectivity index (χ1n) is 3.02. The first kappa shape index (κ1) is 8.49. The molecule has 0 amide bonds. The van der Waals surface area contributed by atoms with Crippen LogP contribution in [0, 0.1) is 0 Å². The highest BCUT2D eigenvalue weighted by Gasteiger charge is 2.43. The van der Waals surface area contributed by atoms with Gasteiger partial charge in [0, 0.05) is 10.9 Å². The molecule has 1 aliphatic rings. The van der Waals surface area contributed by atoms with E-state index >= 15 is 0 Å². The van der Waals surface area contributed by atoms with E-state index in [4.69, 9.17) is 0 Å². The van der Waals surface area contributed by atoms with Gasteiger partial charge in [-0.05, 0) is 12.8 Å². The van der Waals surface area contributed by atoms with Crippen LogP contribution in [0.5, 0.6) is 0 Å². The summed E-state index contributed by atoms with van der Waals surface area (Å²) in [5.74, 6) is 0. The number of halogens is 1. The molecule has 0 unspecified atom stereocenters. The van der Waals surface area contributed by atoms with Crippen LogP contribution in [0.2, 0.25) is 0 Å². The normalized spacial score (nSPS) is 22.6. The van der Waals surface area contributed by atoms with Crippen LogP contribution >= 0.6 is 15.9 Å². The van der Waals surface area contributed by atoms with Gasteiger partial charge in [0.15, 0.2) is 0 Å². The molecule has 1 fully saturated rings. The van der Waals surface area contributed by atoms with Crippen molar-refractivity contribution in [1.29, 1.82) is 0 Å². The molecule has 1 aliphatic carbocycles. The summed E-state index contributed by atoms with van der Waals surface area (Å²) in [5, 5.41) is 0.715. The van der Waals surface area contributed by atoms with Gasteiger partial charge in [0.1, 0.15) is 0 Å². The highest BCUT2D eigenvalue weighted by molar-refractivity contribution is 9.09. The molecule has 0 bridgehead atoms. The van der Waals surface area contributed by atoms with Crippen molar-refractivity contribution < 1.29 is 8.42 Å². The van der Waals surface area contributed by atoms with Crippen LogP contribution in [0.1, 0.15) is 12.8 Å². The molecule has 0 heterocycles. The molecule has 0 aromatic heterocycles. The number of hydrogen-bond donors (Lipinski definition) is 1. The summed E-state index contributed by atoms with van der Waals surface area (Å²) in [6.07, 6.45) is 3.09. The Morgan fingerprint density at radius 3 is 2.20 bits per heavy atom. The van der Waals surface area contributed by atoms with Crippen molar-refractivity contribution in [2.75, 3.05) is 11.6 Å². The first-order chi connectivity index (χ1) is 4.47. The van der Waals surface area contributed by atoms with Crippen molar-refractivity contribution >= 4 is 26.0 Å². The molecule has 0 atom stereocenters. The molecule has 10 heavy (non-hydrogen) atoms. The van der Waals surface area contributed by atoms with Gasteiger partial charge in [-0.25, -0.2) is 13.1 Å². The third kappa shape index (κ3) is 2.21. The smallest absolute Gasteiger partial charge is 0.209 e. The zero-order valence-electron chi connectivity index (χ0n) is 5.72. The van der Waals surface area contributed by atoms with Crippen LogP contribution in [0.25, 0.3) is 0 Å². The second-order valence-electron chi connectivity index (χ2n) is 2.79. The average molecular weight is 228 g/mol. The Kier molecular flexibility index (Phi) is 2.09. The lowest BCUT2D eigenvalue weighted by atomic mass is 10.4. The van der Waals surface area contributed by atoms with Gasteiger partial charge >= 0.3 is 0 Å². The van der Waals surface area contributed by atoms with Gasteiger partial charge in [-0.2, -0.15) is 0 Å². The summed E-state index contributed by atoms with van der Waals surface area (Å²) in [4.78, 5) is 0. The quantitative estimate of drug-likeness (QED) is 0.713. The molecule has 1 rings (SSSR count). The van der Waals surface area contributed by atoms with Gasteiger partial charge in [-0.3, -0.25) is 0 Å².